The minimum Gasteiger partial charge on any atom is -0.356 e. The van der Waals surface area contributed by atoms with Gasteiger partial charge < -0.3 is 10.3 Å². The van der Waals surface area contributed by atoms with Gasteiger partial charge in [0.2, 0.25) is 0 Å². The van der Waals surface area contributed by atoms with Gasteiger partial charge in [-0.05, 0) is 0 Å². The Hall–Kier alpha value is -1.61. The molecule has 0 atom stereocenters. The molecule has 0 saturated carbocycles. The zero-order valence-corrected chi connectivity index (χ0v) is 7.23. The average Bonchev–Trinajstić information content (AvgIpc) is 2.67. The molecule has 13 heavy (non-hydrogen) atoms. The minimum absolute atomic E-state index is 0.663. The molecule has 0 fully saturated rings. The molecule has 2 aromatic rings. The second kappa shape index (κ2) is 3.41. The second-order valence-electron chi connectivity index (χ2n) is 2.80. The molecule has 0 aliphatic carbocycles. The number of hydrogen-bond donors (Lipinski definition) is 1. The van der Waals surface area contributed by atoms with E-state index in [4.69, 9.17) is 4.52 Å². The molecule has 3 N–H and O–H groups in total. The summed E-state index contributed by atoms with van der Waals surface area (Å²) in [5.41, 5.74) is 5.68. The van der Waals surface area contributed by atoms with Crippen molar-refractivity contribution in [1.29, 1.82) is 0 Å². The molecule has 0 saturated heterocycles. The first-order valence-corrected chi connectivity index (χ1v) is 4.20. The molecule has 0 aliphatic rings. The van der Waals surface area contributed by atoms with Gasteiger partial charge in [-0.15, -0.1) is 0 Å². The van der Waals surface area contributed by atoms with Gasteiger partial charge in [-0.25, -0.2) is 0 Å². The van der Waals surface area contributed by atoms with E-state index in [0.29, 0.717) is 6.54 Å². The van der Waals surface area contributed by atoms with Crippen LogP contribution in [0.2, 0.25) is 0 Å². The fraction of sp³-hybridized carbons (Fsp3) is 0.100. The van der Waals surface area contributed by atoms with E-state index in [1.165, 1.54) is 0 Å². The summed E-state index contributed by atoms with van der Waals surface area (Å²) in [5.74, 6) is 0.805. The van der Waals surface area contributed by atoms with Crippen LogP contribution < -0.4 is 5.73 Å². The van der Waals surface area contributed by atoms with E-state index in [1.807, 2.05) is 36.4 Å². The summed E-state index contributed by atoms with van der Waals surface area (Å²) in [5, 5.41) is 3.87. The van der Waals surface area contributed by atoms with Crippen LogP contribution in [0.15, 0.2) is 40.9 Å². The van der Waals surface area contributed by atoms with E-state index < -0.39 is 0 Å². The van der Waals surface area contributed by atoms with Crippen LogP contribution in [0, 0.1) is 0 Å². The van der Waals surface area contributed by atoms with Crippen LogP contribution in [0.3, 0.4) is 0 Å². The monoisotopic (exact) mass is 175 g/mol. The van der Waals surface area contributed by atoms with Crippen molar-refractivity contribution in [2.45, 2.75) is 6.54 Å². The maximum atomic E-state index is 5.15. The minimum atomic E-state index is 0.663. The molecule has 1 aromatic heterocycles. The maximum Gasteiger partial charge on any atom is 0.167 e. The Bertz CT molecular complexity index is 381. The fourth-order valence-corrected chi connectivity index (χ4v) is 1.17. The fourth-order valence-electron chi connectivity index (χ4n) is 1.17. The average molecular weight is 175 g/mol. The highest BCUT2D eigenvalue weighted by molar-refractivity contribution is 5.56. The molecule has 3 nitrogen and oxygen atoms in total. The van der Waals surface area contributed by atoms with E-state index in [2.05, 4.69) is 10.9 Å². The zero-order valence-electron chi connectivity index (χ0n) is 7.23. The first kappa shape index (κ1) is 8.01. The Labute approximate surface area is 76.2 Å². The third kappa shape index (κ3) is 1.60. The first-order chi connectivity index (χ1) is 6.40. The lowest BCUT2D eigenvalue weighted by atomic mass is 10.2. The molecule has 0 bridgehead atoms. The van der Waals surface area contributed by atoms with Crippen LogP contribution >= 0.6 is 0 Å². The summed E-state index contributed by atoms with van der Waals surface area (Å²) >= 11 is 0. The van der Waals surface area contributed by atoms with Crippen LogP contribution in [0.4, 0.5) is 0 Å². The van der Waals surface area contributed by atoms with E-state index in [9.17, 15) is 0 Å². The summed E-state index contributed by atoms with van der Waals surface area (Å²) in [6.07, 6.45) is 0. The zero-order chi connectivity index (χ0) is 9.10. The van der Waals surface area contributed by atoms with E-state index in [-0.39, 0.29) is 0 Å². The summed E-state index contributed by atoms with van der Waals surface area (Å²) in [4.78, 5) is 0. The van der Waals surface area contributed by atoms with E-state index >= 15 is 0 Å². The predicted octanol–water partition coefficient (Wildman–Crippen LogP) is 1.08. The Kier molecular flexibility index (Phi) is 2.10. The van der Waals surface area contributed by atoms with Crippen molar-refractivity contribution < 1.29 is 10.3 Å². The molecule has 2 rings (SSSR count). The van der Waals surface area contributed by atoms with Gasteiger partial charge in [-0.3, -0.25) is 0 Å². The Morgan fingerprint density at radius 3 is 2.62 bits per heavy atom. The molecule has 0 unspecified atom stereocenters. The van der Waals surface area contributed by atoms with Gasteiger partial charge in [0.15, 0.2) is 5.76 Å². The highest BCUT2D eigenvalue weighted by atomic mass is 16.5. The highest BCUT2D eigenvalue weighted by Gasteiger charge is 2.04. The molecule has 0 radical (unpaired) electrons. The maximum absolute atomic E-state index is 5.15. The molecule has 1 aromatic carbocycles. The van der Waals surface area contributed by atoms with Gasteiger partial charge in [0.05, 0.1) is 0 Å². The lowest BCUT2D eigenvalue weighted by Gasteiger charge is -1.91. The number of rotatable bonds is 2. The van der Waals surface area contributed by atoms with Crippen molar-refractivity contribution in [2.24, 2.45) is 0 Å². The molecule has 0 spiro atoms. The Morgan fingerprint density at radius 2 is 2.00 bits per heavy atom. The van der Waals surface area contributed by atoms with Gasteiger partial charge in [-0.2, -0.15) is 0 Å². The first-order valence-electron chi connectivity index (χ1n) is 4.20. The smallest absolute Gasteiger partial charge is 0.167 e. The van der Waals surface area contributed by atoms with Crippen molar-refractivity contribution in [3.05, 3.63) is 42.1 Å². The highest BCUT2D eigenvalue weighted by Crippen LogP contribution is 2.18. The molecule has 1 heterocycles. The summed E-state index contributed by atoms with van der Waals surface area (Å²) in [6, 6.07) is 11.8. The van der Waals surface area contributed by atoms with E-state index in [1.54, 1.807) is 0 Å². The van der Waals surface area contributed by atoms with Crippen LogP contribution in [0.25, 0.3) is 11.3 Å². The number of quaternary nitrogens is 1. The summed E-state index contributed by atoms with van der Waals surface area (Å²) in [6.45, 7) is 0.663. The molecular weight excluding hydrogens is 164 g/mol. The Morgan fingerprint density at radius 1 is 1.23 bits per heavy atom. The van der Waals surface area contributed by atoms with Crippen molar-refractivity contribution >= 4 is 0 Å². The molecule has 0 amide bonds. The van der Waals surface area contributed by atoms with Gasteiger partial charge in [0.1, 0.15) is 12.2 Å². The second-order valence-corrected chi connectivity index (χ2v) is 2.80. The Balaban J connectivity index is 2.36. The number of nitrogens with zero attached hydrogens (tertiary/aromatic N) is 1. The van der Waals surface area contributed by atoms with Crippen molar-refractivity contribution in [1.82, 2.24) is 5.16 Å². The van der Waals surface area contributed by atoms with E-state index in [0.717, 1.165) is 17.0 Å². The summed E-state index contributed by atoms with van der Waals surface area (Å²) in [7, 11) is 0. The lowest BCUT2D eigenvalue weighted by molar-refractivity contribution is -0.387. The van der Waals surface area contributed by atoms with Gasteiger partial charge in [-0.1, -0.05) is 35.5 Å². The SMILES string of the molecule is [NH3+]Cc1cc(-c2ccccc2)on1. The molecule has 3 heteroatoms. The quantitative estimate of drug-likeness (QED) is 0.742. The van der Waals surface area contributed by atoms with Crippen LogP contribution in [-0.2, 0) is 6.54 Å². The molecule has 0 aliphatic heterocycles. The molecule has 66 valence electrons. The molecular formula is C10H11N2O+. The lowest BCUT2D eigenvalue weighted by Crippen LogP contribution is -2.47. The van der Waals surface area contributed by atoms with Crippen molar-refractivity contribution in [2.75, 3.05) is 0 Å². The third-order valence-corrected chi connectivity index (χ3v) is 1.87. The third-order valence-electron chi connectivity index (χ3n) is 1.87. The van der Waals surface area contributed by atoms with Crippen molar-refractivity contribution in [3.8, 4) is 11.3 Å². The number of aromatic nitrogens is 1. The van der Waals surface area contributed by atoms with Crippen LogP contribution in [0.1, 0.15) is 5.69 Å². The van der Waals surface area contributed by atoms with Crippen molar-refractivity contribution in [3.63, 3.8) is 0 Å². The van der Waals surface area contributed by atoms with Gasteiger partial charge in [0.25, 0.3) is 0 Å². The summed E-state index contributed by atoms with van der Waals surface area (Å²) < 4.78 is 5.15. The normalized spacial score (nSPS) is 10.2. The standard InChI is InChI=1S/C10H10N2O/c11-7-9-6-10(13-12-9)8-4-2-1-3-5-8/h1-6H,7,11H2/p+1. The van der Waals surface area contributed by atoms with Gasteiger partial charge >= 0.3 is 0 Å². The van der Waals surface area contributed by atoms with Crippen LogP contribution in [-0.4, -0.2) is 5.16 Å². The van der Waals surface area contributed by atoms with Gasteiger partial charge in [0, 0.05) is 11.6 Å². The number of benzene rings is 1. The topological polar surface area (TPSA) is 53.7 Å². The largest absolute Gasteiger partial charge is 0.356 e. The number of hydrogen-bond acceptors (Lipinski definition) is 2. The van der Waals surface area contributed by atoms with Crippen LogP contribution in [0.5, 0.6) is 0 Å². The predicted molar refractivity (Wildman–Crippen MR) is 48.5 cm³/mol.